The summed E-state index contributed by atoms with van der Waals surface area (Å²) in [6.45, 7) is 0.329. The summed E-state index contributed by atoms with van der Waals surface area (Å²) in [4.78, 5) is 33.0. The monoisotopic (exact) mass is 521 g/mol. The Labute approximate surface area is 217 Å². The molecule has 0 radical (unpaired) electrons. The molecule has 1 amide bonds. The molecule has 0 unspecified atom stereocenters. The Morgan fingerprint density at radius 2 is 1.84 bits per heavy atom. The van der Waals surface area contributed by atoms with Crippen LogP contribution in [0.25, 0.3) is 22.3 Å². The van der Waals surface area contributed by atoms with Crippen LogP contribution in [-0.4, -0.2) is 42.8 Å². The highest BCUT2D eigenvalue weighted by Crippen LogP contribution is 2.29. The number of halogens is 2. The first-order valence-corrected chi connectivity index (χ1v) is 12.5. The molecule has 0 bridgehead atoms. The number of aromatic nitrogens is 4. The molecule has 1 aliphatic carbocycles. The van der Waals surface area contributed by atoms with Gasteiger partial charge in [0.05, 0.1) is 23.8 Å². The van der Waals surface area contributed by atoms with Crippen molar-refractivity contribution in [1.29, 1.82) is 0 Å². The maximum Gasteiger partial charge on any atom is 0.303 e. The van der Waals surface area contributed by atoms with Gasteiger partial charge in [0.2, 0.25) is 0 Å². The van der Waals surface area contributed by atoms with E-state index in [2.05, 4.69) is 20.4 Å². The van der Waals surface area contributed by atoms with Crippen LogP contribution in [0.4, 0.5) is 4.39 Å². The van der Waals surface area contributed by atoms with Gasteiger partial charge in [0.15, 0.2) is 5.82 Å². The van der Waals surface area contributed by atoms with Gasteiger partial charge >= 0.3 is 5.97 Å². The minimum absolute atomic E-state index is 0.0216. The van der Waals surface area contributed by atoms with E-state index >= 15 is 0 Å². The SMILES string of the molecule is O=C(O)CC1CCC(NC(=O)c2cc(Cl)cc3cnn(Cc4cnc(-c5cccc(F)c5)nc4)c23)CC1. The highest BCUT2D eigenvalue weighted by molar-refractivity contribution is 6.32. The Bertz CT molecular complexity index is 1450. The number of rotatable bonds is 7. The summed E-state index contributed by atoms with van der Waals surface area (Å²) in [5.41, 5.74) is 2.42. The van der Waals surface area contributed by atoms with E-state index in [1.165, 1.54) is 12.1 Å². The van der Waals surface area contributed by atoms with E-state index in [9.17, 15) is 14.0 Å². The quantitative estimate of drug-likeness (QED) is 0.350. The van der Waals surface area contributed by atoms with Crippen molar-refractivity contribution in [3.05, 3.63) is 77.0 Å². The molecule has 0 spiro atoms. The number of nitrogens with one attached hydrogen (secondary N) is 1. The number of carboxylic acid groups (broad SMARTS) is 1. The summed E-state index contributed by atoms with van der Waals surface area (Å²) in [7, 11) is 0. The summed E-state index contributed by atoms with van der Waals surface area (Å²) >= 11 is 6.32. The number of nitrogens with zero attached hydrogens (tertiary/aromatic N) is 4. The molecule has 2 N–H and O–H groups in total. The van der Waals surface area contributed by atoms with Gasteiger partial charge in [-0.3, -0.25) is 14.3 Å². The Hall–Kier alpha value is -3.85. The molecule has 2 aromatic heterocycles. The fourth-order valence-corrected chi connectivity index (χ4v) is 5.12. The van der Waals surface area contributed by atoms with Crippen LogP contribution < -0.4 is 5.32 Å². The lowest BCUT2D eigenvalue weighted by molar-refractivity contribution is -0.138. The lowest BCUT2D eigenvalue weighted by Crippen LogP contribution is -2.38. The van der Waals surface area contributed by atoms with E-state index < -0.39 is 5.97 Å². The maximum atomic E-state index is 13.5. The van der Waals surface area contributed by atoms with Crippen molar-refractivity contribution in [3.8, 4) is 11.4 Å². The molecule has 37 heavy (non-hydrogen) atoms. The number of fused-ring (bicyclic) bond motifs is 1. The Morgan fingerprint density at radius 3 is 2.54 bits per heavy atom. The topological polar surface area (TPSA) is 110 Å². The fourth-order valence-electron chi connectivity index (χ4n) is 4.90. The van der Waals surface area contributed by atoms with E-state index in [1.54, 1.807) is 47.5 Å². The molecule has 10 heteroatoms. The average molecular weight is 522 g/mol. The normalized spacial score (nSPS) is 17.6. The molecule has 4 aromatic rings. The van der Waals surface area contributed by atoms with Crippen molar-refractivity contribution in [2.75, 3.05) is 0 Å². The summed E-state index contributed by atoms with van der Waals surface area (Å²) in [6, 6.07) is 9.47. The van der Waals surface area contributed by atoms with Crippen LogP contribution in [0.2, 0.25) is 5.02 Å². The largest absolute Gasteiger partial charge is 0.481 e. The number of hydrogen-bond acceptors (Lipinski definition) is 5. The number of carboxylic acids is 1. The van der Waals surface area contributed by atoms with Crippen molar-refractivity contribution in [3.63, 3.8) is 0 Å². The lowest BCUT2D eigenvalue weighted by atomic mass is 9.84. The number of amides is 1. The molecule has 0 saturated heterocycles. The predicted molar refractivity (Wildman–Crippen MR) is 137 cm³/mol. The molecule has 1 aliphatic rings. The molecule has 2 aromatic carbocycles. The second-order valence-corrected chi connectivity index (χ2v) is 9.84. The summed E-state index contributed by atoms with van der Waals surface area (Å²) in [5, 5.41) is 17.8. The molecule has 5 rings (SSSR count). The van der Waals surface area contributed by atoms with Crippen molar-refractivity contribution in [2.24, 2.45) is 5.92 Å². The van der Waals surface area contributed by atoms with Crippen LogP contribution >= 0.6 is 11.6 Å². The van der Waals surface area contributed by atoms with E-state index in [-0.39, 0.29) is 30.1 Å². The van der Waals surface area contributed by atoms with Crippen molar-refractivity contribution >= 4 is 34.4 Å². The first-order valence-electron chi connectivity index (χ1n) is 12.1. The summed E-state index contributed by atoms with van der Waals surface area (Å²) in [6.07, 6.45) is 8.16. The lowest BCUT2D eigenvalue weighted by Gasteiger charge is -2.28. The number of benzene rings is 2. The van der Waals surface area contributed by atoms with Crippen molar-refractivity contribution < 1.29 is 19.1 Å². The molecule has 8 nitrogen and oxygen atoms in total. The average Bonchev–Trinajstić information content (AvgIpc) is 3.27. The first kappa shape index (κ1) is 24.8. The van der Waals surface area contributed by atoms with Crippen molar-refractivity contribution in [2.45, 2.75) is 44.7 Å². The molecular weight excluding hydrogens is 497 g/mol. The van der Waals surface area contributed by atoms with Gasteiger partial charge < -0.3 is 10.4 Å². The second-order valence-electron chi connectivity index (χ2n) is 9.41. The van der Waals surface area contributed by atoms with Crippen LogP contribution in [0.15, 0.2) is 55.0 Å². The molecule has 1 fully saturated rings. The van der Waals surface area contributed by atoms with Gasteiger partial charge in [0.25, 0.3) is 5.91 Å². The van der Waals surface area contributed by atoms with Gasteiger partial charge in [-0.15, -0.1) is 0 Å². The number of carbonyl (C=O) groups is 2. The molecule has 1 saturated carbocycles. The standard InChI is InChI=1S/C27H25ClFN5O3/c28-20-9-19-14-32-34(15-17-12-30-26(31-13-17)18-2-1-3-21(29)10-18)25(19)23(11-20)27(37)33-22-6-4-16(5-7-22)8-24(35)36/h1-3,9-14,16,22H,4-8,15H2,(H,33,37)(H,35,36). The zero-order valence-corrected chi connectivity index (χ0v) is 20.7. The second kappa shape index (κ2) is 10.6. The zero-order chi connectivity index (χ0) is 25.9. The van der Waals surface area contributed by atoms with Crippen LogP contribution in [0.1, 0.15) is 48.0 Å². The van der Waals surface area contributed by atoms with Gasteiger partial charge in [0.1, 0.15) is 5.82 Å². The highest BCUT2D eigenvalue weighted by atomic mass is 35.5. The third kappa shape index (κ3) is 5.77. The minimum Gasteiger partial charge on any atom is -0.481 e. The smallest absolute Gasteiger partial charge is 0.303 e. The molecule has 0 aliphatic heterocycles. The van der Waals surface area contributed by atoms with Crippen LogP contribution in [0, 0.1) is 11.7 Å². The zero-order valence-electron chi connectivity index (χ0n) is 19.9. The van der Waals surface area contributed by atoms with Gasteiger partial charge in [-0.1, -0.05) is 23.7 Å². The fraction of sp³-hybridized carbons (Fsp3) is 0.296. The summed E-state index contributed by atoms with van der Waals surface area (Å²) < 4.78 is 15.3. The summed E-state index contributed by atoms with van der Waals surface area (Å²) in [5.74, 6) is -0.811. The molecule has 0 atom stereocenters. The van der Waals surface area contributed by atoms with E-state index in [1.807, 2.05) is 0 Å². The maximum absolute atomic E-state index is 13.5. The van der Waals surface area contributed by atoms with Crippen molar-refractivity contribution in [1.82, 2.24) is 25.1 Å². The number of aliphatic carboxylic acids is 1. The van der Waals surface area contributed by atoms with Crippen LogP contribution in [-0.2, 0) is 11.3 Å². The molecular formula is C27H25ClFN5O3. The van der Waals surface area contributed by atoms with Gasteiger partial charge in [-0.05, 0) is 55.9 Å². The predicted octanol–water partition coefficient (Wildman–Crippen LogP) is 5.10. The van der Waals surface area contributed by atoms with Crippen LogP contribution in [0.3, 0.4) is 0 Å². The third-order valence-electron chi connectivity index (χ3n) is 6.71. The van der Waals surface area contributed by atoms with E-state index in [4.69, 9.17) is 16.7 Å². The third-order valence-corrected chi connectivity index (χ3v) is 6.93. The van der Waals surface area contributed by atoms with Gasteiger partial charge in [0, 0.05) is 46.4 Å². The van der Waals surface area contributed by atoms with Crippen LogP contribution in [0.5, 0.6) is 0 Å². The van der Waals surface area contributed by atoms with E-state index in [0.717, 1.165) is 36.6 Å². The Balaban J connectivity index is 1.34. The Kier molecular flexibility index (Phi) is 7.14. The number of carbonyl (C=O) groups excluding carboxylic acids is 1. The van der Waals surface area contributed by atoms with Gasteiger partial charge in [-0.25, -0.2) is 14.4 Å². The molecule has 190 valence electrons. The Morgan fingerprint density at radius 1 is 1.08 bits per heavy atom. The highest BCUT2D eigenvalue weighted by Gasteiger charge is 2.25. The minimum atomic E-state index is -0.781. The first-order chi connectivity index (χ1) is 17.9. The molecule has 2 heterocycles. The van der Waals surface area contributed by atoms with Gasteiger partial charge in [-0.2, -0.15) is 5.10 Å². The number of hydrogen-bond donors (Lipinski definition) is 2. The van der Waals surface area contributed by atoms with E-state index in [0.29, 0.717) is 34.0 Å².